The number of hydrogen-bond donors (Lipinski definition) is 1. The second-order valence-corrected chi connectivity index (χ2v) is 16.8. The van der Waals surface area contributed by atoms with E-state index in [2.05, 4.69) is 33.9 Å². The Morgan fingerprint density at radius 3 is 2.20 bits per heavy atom. The van der Waals surface area contributed by atoms with Gasteiger partial charge in [-0.15, -0.1) is 0 Å². The SMILES string of the molecule is COCOc1c(C2=C(CO[Si](C)(C)C(C)(C)C)[C@@H](O)[C@@]3(C)O[C@H]3C2=O)cc(OCOC)c2c(OCOC)cccc12. The molecule has 0 unspecified atom stereocenters. The number of aliphatic hydroxyl groups is 1. The summed E-state index contributed by atoms with van der Waals surface area (Å²) < 4.78 is 45.9. The van der Waals surface area contributed by atoms with Gasteiger partial charge < -0.3 is 42.7 Å². The number of fused-ring (bicyclic) bond motifs is 2. The van der Waals surface area contributed by atoms with Gasteiger partial charge in [0.25, 0.3) is 0 Å². The van der Waals surface area contributed by atoms with Gasteiger partial charge in [0, 0.05) is 37.9 Å². The van der Waals surface area contributed by atoms with Gasteiger partial charge in [-0.1, -0.05) is 32.9 Å². The van der Waals surface area contributed by atoms with Gasteiger partial charge in [-0.25, -0.2) is 0 Å². The van der Waals surface area contributed by atoms with E-state index in [0.717, 1.165) is 0 Å². The lowest BCUT2D eigenvalue weighted by atomic mass is 9.78. The molecule has 4 rings (SSSR count). The van der Waals surface area contributed by atoms with E-state index in [-0.39, 0.29) is 43.4 Å². The van der Waals surface area contributed by atoms with Gasteiger partial charge >= 0.3 is 0 Å². The van der Waals surface area contributed by atoms with Crippen LogP contribution in [0, 0.1) is 0 Å². The molecule has 0 amide bonds. The van der Waals surface area contributed by atoms with Crippen LogP contribution in [0.25, 0.3) is 16.3 Å². The van der Waals surface area contributed by atoms with Crippen molar-refractivity contribution in [2.75, 3.05) is 48.3 Å². The standard InChI is InChI=1S/C30H42O10Si/c1-29(2,3)41(8,9)39-14-20-23(25(31)28-30(4,40-28)27(20)32)19-13-22(37-16-34-6)24-18(26(19)38-17-35-7)11-10-12-21(24)36-15-33-5/h10-13,27-28,32H,14-17H2,1-9H3/t27-,28+,30-/m1/s1. The molecule has 1 saturated heterocycles. The lowest BCUT2D eigenvalue weighted by Gasteiger charge is -2.37. The van der Waals surface area contributed by atoms with Crippen molar-refractivity contribution in [1.82, 2.24) is 0 Å². The van der Waals surface area contributed by atoms with Crippen LogP contribution in [0.2, 0.25) is 18.1 Å². The maximum Gasteiger partial charge on any atom is 0.195 e. The van der Waals surface area contributed by atoms with E-state index in [1.165, 1.54) is 21.3 Å². The molecule has 1 heterocycles. The largest absolute Gasteiger partial charge is 0.467 e. The maximum atomic E-state index is 14.0. The van der Waals surface area contributed by atoms with Gasteiger partial charge in [0.15, 0.2) is 40.6 Å². The molecule has 2 aromatic rings. The van der Waals surface area contributed by atoms with E-state index in [4.69, 9.17) is 37.6 Å². The highest BCUT2D eigenvalue weighted by molar-refractivity contribution is 6.74. The fourth-order valence-electron chi connectivity index (χ4n) is 4.77. The van der Waals surface area contributed by atoms with E-state index in [0.29, 0.717) is 39.2 Å². The fourth-order valence-corrected chi connectivity index (χ4v) is 5.72. The Labute approximate surface area is 242 Å². The van der Waals surface area contributed by atoms with Crippen LogP contribution in [0.15, 0.2) is 29.8 Å². The third-order valence-electron chi connectivity index (χ3n) is 8.20. The Bertz CT molecular complexity index is 1310. The Kier molecular flexibility index (Phi) is 9.20. The van der Waals surface area contributed by atoms with Crippen LogP contribution in [0.4, 0.5) is 0 Å². The first-order valence-corrected chi connectivity index (χ1v) is 16.5. The summed E-state index contributed by atoms with van der Waals surface area (Å²) >= 11 is 0. The van der Waals surface area contributed by atoms with Crippen molar-refractivity contribution in [3.63, 3.8) is 0 Å². The molecule has 1 aliphatic heterocycles. The van der Waals surface area contributed by atoms with Crippen LogP contribution in [0.1, 0.15) is 33.3 Å². The van der Waals surface area contributed by atoms with Crippen molar-refractivity contribution < 1.29 is 47.5 Å². The van der Waals surface area contributed by atoms with E-state index >= 15 is 0 Å². The van der Waals surface area contributed by atoms with Crippen molar-refractivity contribution in [3.8, 4) is 17.2 Å². The number of hydrogen-bond acceptors (Lipinski definition) is 10. The van der Waals surface area contributed by atoms with Gasteiger partial charge in [0.2, 0.25) is 0 Å². The number of ether oxygens (including phenoxy) is 7. The highest BCUT2D eigenvalue weighted by Gasteiger charge is 2.66. The number of epoxide rings is 1. The first-order chi connectivity index (χ1) is 19.3. The van der Waals surface area contributed by atoms with Crippen molar-refractivity contribution in [3.05, 3.63) is 35.4 Å². The normalized spacial score (nSPS) is 22.6. The summed E-state index contributed by atoms with van der Waals surface area (Å²) in [6.45, 7) is 12.4. The van der Waals surface area contributed by atoms with Gasteiger partial charge in [-0.05, 0) is 42.8 Å². The molecule has 1 N–H and O–H groups in total. The zero-order chi connectivity index (χ0) is 30.2. The molecule has 0 spiro atoms. The summed E-state index contributed by atoms with van der Waals surface area (Å²) in [7, 11) is 2.32. The summed E-state index contributed by atoms with van der Waals surface area (Å²) in [4.78, 5) is 14.0. The molecule has 2 aromatic carbocycles. The molecule has 3 atom stereocenters. The molecule has 1 fully saturated rings. The number of carbonyl (C=O) groups excluding carboxylic acids is 1. The quantitative estimate of drug-likeness (QED) is 0.201. The lowest BCUT2D eigenvalue weighted by molar-refractivity contribution is -0.115. The second kappa shape index (κ2) is 12.0. The molecule has 0 bridgehead atoms. The highest BCUT2D eigenvalue weighted by Crippen LogP contribution is 2.53. The Morgan fingerprint density at radius 1 is 0.976 bits per heavy atom. The van der Waals surface area contributed by atoms with Crippen LogP contribution >= 0.6 is 0 Å². The average molecular weight is 591 g/mol. The number of ketones is 1. The van der Waals surface area contributed by atoms with E-state index in [1.807, 2.05) is 12.1 Å². The summed E-state index contributed by atoms with van der Waals surface area (Å²) in [6.07, 6.45) is -1.84. The fraction of sp³-hybridized carbons (Fsp3) is 0.567. The minimum atomic E-state index is -2.25. The second-order valence-electron chi connectivity index (χ2n) is 12.0. The maximum absolute atomic E-state index is 14.0. The summed E-state index contributed by atoms with van der Waals surface area (Å²) in [5.74, 6) is 1.02. The number of aliphatic hydroxyl groups excluding tert-OH is 1. The zero-order valence-corrected chi connectivity index (χ0v) is 26.4. The number of Topliss-reactive ketones (excluding diaryl/α,β-unsaturated/α-hetero) is 1. The molecule has 226 valence electrons. The smallest absolute Gasteiger partial charge is 0.195 e. The van der Waals surface area contributed by atoms with Crippen LogP contribution in [0.3, 0.4) is 0 Å². The molecular formula is C30H42O10Si. The van der Waals surface area contributed by atoms with Gasteiger partial charge in [0.05, 0.1) is 12.0 Å². The van der Waals surface area contributed by atoms with Gasteiger partial charge in [-0.2, -0.15) is 0 Å². The van der Waals surface area contributed by atoms with E-state index in [9.17, 15) is 9.90 Å². The summed E-state index contributed by atoms with van der Waals surface area (Å²) in [5.41, 5.74) is 0.157. The van der Waals surface area contributed by atoms with Crippen molar-refractivity contribution in [1.29, 1.82) is 0 Å². The average Bonchev–Trinajstić information content (AvgIpc) is 3.63. The number of rotatable bonds is 13. The first-order valence-electron chi connectivity index (χ1n) is 13.5. The van der Waals surface area contributed by atoms with Crippen LogP contribution in [-0.2, 0) is 28.2 Å². The zero-order valence-electron chi connectivity index (χ0n) is 25.4. The molecule has 0 aromatic heterocycles. The molecule has 1 aliphatic carbocycles. The molecule has 0 radical (unpaired) electrons. The Morgan fingerprint density at radius 2 is 1.59 bits per heavy atom. The third-order valence-corrected chi connectivity index (χ3v) is 12.7. The van der Waals surface area contributed by atoms with Crippen molar-refractivity contribution in [2.24, 2.45) is 0 Å². The van der Waals surface area contributed by atoms with Crippen LogP contribution in [-0.4, -0.2) is 85.3 Å². The highest BCUT2D eigenvalue weighted by atomic mass is 28.4. The summed E-state index contributed by atoms with van der Waals surface area (Å²) in [5, 5.41) is 12.7. The minimum absolute atomic E-state index is 0.0151. The predicted octanol–water partition coefficient (Wildman–Crippen LogP) is 4.66. The van der Waals surface area contributed by atoms with Gasteiger partial charge in [0.1, 0.15) is 29.0 Å². The predicted molar refractivity (Wildman–Crippen MR) is 156 cm³/mol. The van der Waals surface area contributed by atoms with Crippen LogP contribution in [0.5, 0.6) is 17.2 Å². The van der Waals surface area contributed by atoms with E-state index in [1.54, 1.807) is 19.1 Å². The van der Waals surface area contributed by atoms with Crippen molar-refractivity contribution in [2.45, 2.75) is 63.6 Å². The monoisotopic (exact) mass is 590 g/mol. The number of methoxy groups -OCH3 is 3. The molecule has 41 heavy (non-hydrogen) atoms. The van der Waals surface area contributed by atoms with Gasteiger partial charge in [-0.3, -0.25) is 4.79 Å². The molecule has 11 heteroatoms. The topological polar surface area (TPSA) is 114 Å². The van der Waals surface area contributed by atoms with Crippen LogP contribution < -0.4 is 14.2 Å². The van der Waals surface area contributed by atoms with Crippen molar-refractivity contribution >= 4 is 30.4 Å². The number of benzene rings is 2. The number of carbonyl (C=O) groups is 1. The Balaban J connectivity index is 1.99. The van der Waals surface area contributed by atoms with E-state index < -0.39 is 26.1 Å². The minimum Gasteiger partial charge on any atom is -0.467 e. The first kappa shape index (κ1) is 31.4. The molecular weight excluding hydrogens is 548 g/mol. The molecule has 0 saturated carbocycles. The molecule has 2 aliphatic rings. The third kappa shape index (κ3) is 5.90. The molecule has 10 nitrogen and oxygen atoms in total. The lowest BCUT2D eigenvalue weighted by Crippen LogP contribution is -2.45. The summed E-state index contributed by atoms with van der Waals surface area (Å²) in [6, 6.07) is 7.16. The Hall–Kier alpha value is -2.51.